The molecular weight excluding hydrogens is 432 g/mol. The number of rotatable bonds is 6. The normalized spacial score (nSPS) is 22.1. The Kier molecular flexibility index (Phi) is 6.77. The van der Waals surface area contributed by atoms with Crippen molar-refractivity contribution in [2.45, 2.75) is 44.1 Å². The van der Waals surface area contributed by atoms with Gasteiger partial charge in [0.2, 0.25) is 5.91 Å². The van der Waals surface area contributed by atoms with Gasteiger partial charge < -0.3 is 15.2 Å². The van der Waals surface area contributed by atoms with Gasteiger partial charge in [0.05, 0.1) is 0 Å². The van der Waals surface area contributed by atoms with Crippen LogP contribution in [0.15, 0.2) is 54.7 Å². The first kappa shape index (κ1) is 22.8. The summed E-state index contributed by atoms with van der Waals surface area (Å²) < 4.78 is 26.6. The fourth-order valence-corrected chi connectivity index (χ4v) is 5.69. The molecule has 34 heavy (non-hydrogen) atoms. The average molecular weight is 464 g/mol. The number of hydrogen-bond acceptors (Lipinski definition) is 2. The van der Waals surface area contributed by atoms with E-state index >= 15 is 0 Å². The second-order valence-electron chi connectivity index (χ2n) is 9.79. The number of nitrogens with one attached hydrogen (secondary N) is 2. The summed E-state index contributed by atoms with van der Waals surface area (Å²) in [7, 11) is 0. The number of amides is 1. The number of aromatic amines is 1. The number of likely N-dealkylation sites (tertiary alicyclic amines) is 1. The van der Waals surface area contributed by atoms with Gasteiger partial charge in [0.25, 0.3) is 0 Å². The molecule has 2 atom stereocenters. The van der Waals surface area contributed by atoms with Crippen LogP contribution in [0.4, 0.5) is 8.78 Å². The number of nitrogens with zero attached hydrogens (tertiary/aromatic N) is 1. The van der Waals surface area contributed by atoms with Crippen molar-refractivity contribution < 1.29 is 13.6 Å². The smallest absolute Gasteiger partial charge is 0.244 e. The maximum atomic E-state index is 13.3. The van der Waals surface area contributed by atoms with Crippen LogP contribution in [-0.2, 0) is 4.79 Å². The van der Waals surface area contributed by atoms with Gasteiger partial charge in [0.15, 0.2) is 0 Å². The number of carbonyl (C=O) groups excluding carboxylic acids is 1. The van der Waals surface area contributed by atoms with E-state index in [4.69, 9.17) is 0 Å². The predicted molar refractivity (Wildman–Crippen MR) is 131 cm³/mol. The van der Waals surface area contributed by atoms with Crippen molar-refractivity contribution in [1.82, 2.24) is 15.2 Å². The molecule has 0 radical (unpaired) electrons. The van der Waals surface area contributed by atoms with Crippen LogP contribution in [0, 0.1) is 17.6 Å². The molecule has 6 heteroatoms. The highest BCUT2D eigenvalue weighted by molar-refractivity contribution is 5.91. The Balaban J connectivity index is 1.07. The van der Waals surface area contributed by atoms with Crippen LogP contribution in [0.3, 0.4) is 0 Å². The molecule has 0 spiro atoms. The molecule has 3 aromatic rings. The van der Waals surface area contributed by atoms with E-state index in [0.717, 1.165) is 45.0 Å². The van der Waals surface area contributed by atoms with E-state index in [1.165, 1.54) is 53.6 Å². The zero-order valence-electron chi connectivity index (χ0n) is 19.3. The third kappa shape index (κ3) is 5.39. The molecule has 0 bridgehead atoms. The number of halogens is 2. The first-order valence-electron chi connectivity index (χ1n) is 12.3. The van der Waals surface area contributed by atoms with E-state index in [2.05, 4.69) is 45.7 Å². The molecule has 2 fully saturated rings. The topological polar surface area (TPSA) is 48.1 Å². The Morgan fingerprint density at radius 3 is 2.62 bits per heavy atom. The Bertz CT molecular complexity index is 1160. The summed E-state index contributed by atoms with van der Waals surface area (Å²) in [5.74, 6) is -0.305. The van der Waals surface area contributed by atoms with Gasteiger partial charge in [-0.25, -0.2) is 8.78 Å². The lowest BCUT2D eigenvalue weighted by Gasteiger charge is -2.33. The lowest BCUT2D eigenvalue weighted by atomic mass is 9.89. The van der Waals surface area contributed by atoms with Crippen molar-refractivity contribution in [2.24, 2.45) is 5.92 Å². The molecule has 1 aliphatic carbocycles. The molecule has 178 valence electrons. The van der Waals surface area contributed by atoms with Crippen LogP contribution in [0.1, 0.15) is 49.1 Å². The molecule has 2 N–H and O–H groups in total. The Labute approximate surface area is 199 Å². The van der Waals surface area contributed by atoms with Crippen LogP contribution >= 0.6 is 0 Å². The van der Waals surface area contributed by atoms with Crippen molar-refractivity contribution in [1.29, 1.82) is 0 Å². The number of H-pyrrole nitrogens is 1. The average Bonchev–Trinajstić information content (AvgIpc) is 3.44. The van der Waals surface area contributed by atoms with Crippen LogP contribution in [-0.4, -0.2) is 41.5 Å². The fourth-order valence-electron chi connectivity index (χ4n) is 5.69. The van der Waals surface area contributed by atoms with Gasteiger partial charge in [-0.15, -0.1) is 0 Å². The van der Waals surface area contributed by atoms with Gasteiger partial charge in [-0.1, -0.05) is 18.2 Å². The molecule has 1 saturated carbocycles. The molecule has 4 nitrogen and oxygen atoms in total. The summed E-state index contributed by atoms with van der Waals surface area (Å²) in [6.07, 6.45) is 10.4. The molecule has 1 saturated heterocycles. The molecular formula is C28H31F2N3O. The number of benzene rings is 2. The number of carbonyl (C=O) groups is 1. The minimum Gasteiger partial charge on any atom is -0.361 e. The number of fused-ring (bicyclic) bond motifs is 1. The molecule has 1 aliphatic heterocycles. The lowest BCUT2D eigenvalue weighted by Crippen LogP contribution is -2.37. The molecule has 5 rings (SSSR count). The van der Waals surface area contributed by atoms with Crippen LogP contribution in [0.5, 0.6) is 0 Å². The Morgan fingerprint density at radius 2 is 1.82 bits per heavy atom. The second kappa shape index (κ2) is 10.1. The van der Waals surface area contributed by atoms with E-state index in [1.807, 2.05) is 0 Å². The zero-order valence-corrected chi connectivity index (χ0v) is 19.3. The highest BCUT2D eigenvalue weighted by Gasteiger charge is 2.29. The van der Waals surface area contributed by atoms with E-state index in [1.54, 1.807) is 0 Å². The minimum absolute atomic E-state index is 0.162. The summed E-state index contributed by atoms with van der Waals surface area (Å²) in [6, 6.07) is 11.9. The van der Waals surface area contributed by atoms with Gasteiger partial charge in [0.1, 0.15) is 11.6 Å². The minimum atomic E-state index is -0.649. The third-order valence-electron chi connectivity index (χ3n) is 7.36. The van der Waals surface area contributed by atoms with Crippen molar-refractivity contribution >= 4 is 22.9 Å². The summed E-state index contributed by atoms with van der Waals surface area (Å²) in [4.78, 5) is 18.3. The van der Waals surface area contributed by atoms with Crippen LogP contribution in [0.2, 0.25) is 0 Å². The summed E-state index contributed by atoms with van der Waals surface area (Å²) in [6.45, 7) is 3.32. The van der Waals surface area contributed by atoms with Gasteiger partial charge >= 0.3 is 0 Å². The van der Waals surface area contributed by atoms with Gasteiger partial charge in [-0.2, -0.15) is 0 Å². The zero-order chi connectivity index (χ0) is 23.5. The number of piperidine rings is 1. The number of para-hydroxylation sites is 1. The van der Waals surface area contributed by atoms with E-state index < -0.39 is 11.6 Å². The van der Waals surface area contributed by atoms with Crippen molar-refractivity contribution in [2.75, 3.05) is 19.6 Å². The maximum Gasteiger partial charge on any atom is 0.244 e. The number of hydrogen-bond donors (Lipinski definition) is 2. The van der Waals surface area contributed by atoms with Crippen molar-refractivity contribution in [3.8, 4) is 0 Å². The second-order valence-corrected chi connectivity index (χ2v) is 9.79. The number of aromatic nitrogens is 1. The molecule has 2 aliphatic rings. The van der Waals surface area contributed by atoms with Gasteiger partial charge in [-0.3, -0.25) is 4.79 Å². The van der Waals surface area contributed by atoms with Gasteiger partial charge in [0, 0.05) is 41.8 Å². The van der Waals surface area contributed by atoms with Crippen molar-refractivity contribution in [3.63, 3.8) is 0 Å². The van der Waals surface area contributed by atoms with E-state index in [-0.39, 0.29) is 11.9 Å². The lowest BCUT2D eigenvalue weighted by molar-refractivity contribution is -0.117. The van der Waals surface area contributed by atoms with Crippen LogP contribution in [0.25, 0.3) is 17.0 Å². The largest absolute Gasteiger partial charge is 0.361 e. The third-order valence-corrected chi connectivity index (χ3v) is 7.36. The summed E-state index contributed by atoms with van der Waals surface area (Å²) >= 11 is 0. The van der Waals surface area contributed by atoms with Crippen molar-refractivity contribution in [3.05, 3.63) is 77.5 Å². The maximum absolute atomic E-state index is 13.3. The predicted octanol–water partition coefficient (Wildman–Crippen LogP) is 5.62. The first-order valence-corrected chi connectivity index (χ1v) is 12.3. The molecule has 2 heterocycles. The summed E-state index contributed by atoms with van der Waals surface area (Å²) in [5, 5.41) is 4.41. The standard InChI is InChI=1S/C28H31F2N3O/c29-22-13-19(14-23(30)16-22)6-8-28(34)32-24-7-5-20(15-24)18-33-11-9-21(10-12-33)26-17-31-27-4-2-1-3-25(26)27/h1-4,6,8,13-14,16-17,20-21,24,31H,5,7,9-12,15,18H2,(H,32,34)/t20-,24+/m0/s1. The quantitative estimate of drug-likeness (QED) is 0.466. The van der Waals surface area contributed by atoms with Crippen LogP contribution < -0.4 is 5.32 Å². The Hall–Kier alpha value is -2.99. The molecule has 0 unspecified atom stereocenters. The molecule has 1 amide bonds. The molecule has 2 aromatic carbocycles. The fraction of sp³-hybridized carbons (Fsp3) is 0.393. The first-order chi connectivity index (χ1) is 16.5. The SMILES string of the molecule is O=C(C=Cc1cc(F)cc(F)c1)N[C@@H]1CC[C@H](CN2CCC(c3c[nH]c4ccccc34)CC2)C1. The monoisotopic (exact) mass is 463 g/mol. The highest BCUT2D eigenvalue weighted by atomic mass is 19.1. The van der Waals surface area contributed by atoms with E-state index in [0.29, 0.717) is 17.4 Å². The van der Waals surface area contributed by atoms with E-state index in [9.17, 15) is 13.6 Å². The van der Waals surface area contributed by atoms with Gasteiger partial charge in [-0.05, 0) is 92.4 Å². The molecule has 1 aromatic heterocycles. The Morgan fingerprint density at radius 1 is 1.06 bits per heavy atom. The summed E-state index contributed by atoms with van der Waals surface area (Å²) in [5.41, 5.74) is 3.01. The highest BCUT2D eigenvalue weighted by Crippen LogP contribution is 2.34.